The van der Waals surface area contributed by atoms with E-state index in [4.69, 9.17) is 0 Å². The highest BCUT2D eigenvalue weighted by atomic mass is 32.2. The average molecular weight is 423 g/mol. The molecule has 0 spiro atoms. The van der Waals surface area contributed by atoms with Gasteiger partial charge in [-0.1, -0.05) is 18.2 Å². The summed E-state index contributed by atoms with van der Waals surface area (Å²) in [6.45, 7) is 0.318. The van der Waals surface area contributed by atoms with E-state index in [-0.39, 0.29) is 5.69 Å². The maximum atomic E-state index is 13.0. The van der Waals surface area contributed by atoms with Gasteiger partial charge in [0.25, 0.3) is 9.84 Å². The van der Waals surface area contributed by atoms with Gasteiger partial charge < -0.3 is 5.32 Å². The molecule has 26 heavy (non-hydrogen) atoms. The summed E-state index contributed by atoms with van der Waals surface area (Å²) in [6.07, 6.45) is 0. The lowest BCUT2D eigenvalue weighted by atomic mass is 10.3. The first kappa shape index (κ1) is 20.9. The monoisotopic (exact) mass is 422 g/mol. The summed E-state index contributed by atoms with van der Waals surface area (Å²) in [5.41, 5.74) is -5.41. The maximum Gasteiger partial charge on any atom is 0.501 e. The fourth-order valence-electron chi connectivity index (χ4n) is 2.05. The normalized spacial score (nSPS) is 12.2. The molecule has 0 bridgehead atoms. The van der Waals surface area contributed by atoms with Crippen LogP contribution in [-0.4, -0.2) is 33.3 Å². The fraction of sp³-hybridized carbons (Fsp3) is 0.250. The van der Waals surface area contributed by atoms with Crippen LogP contribution in [0.5, 0.6) is 0 Å². The highest BCUT2D eigenvalue weighted by Gasteiger charge is 2.48. The Kier molecular flexibility index (Phi) is 7.27. The Labute approximate surface area is 159 Å². The van der Waals surface area contributed by atoms with Gasteiger partial charge in [-0.15, -0.1) is 11.8 Å². The Bertz CT molecular complexity index is 828. The first-order valence-corrected chi connectivity index (χ1v) is 10.7. The van der Waals surface area contributed by atoms with Gasteiger partial charge in [-0.2, -0.15) is 13.2 Å². The number of benzene rings is 2. The predicted molar refractivity (Wildman–Crippen MR) is 100 cm³/mol. The molecule has 0 fully saturated rings. The van der Waals surface area contributed by atoms with E-state index in [0.29, 0.717) is 17.2 Å². The second-order valence-electron chi connectivity index (χ2n) is 5.00. The Morgan fingerprint density at radius 2 is 1.73 bits per heavy atom. The van der Waals surface area contributed by atoms with Crippen molar-refractivity contribution in [2.24, 2.45) is 0 Å². The van der Waals surface area contributed by atoms with Crippen LogP contribution in [0, 0.1) is 0 Å². The van der Waals surface area contributed by atoms with E-state index < -0.39 is 20.2 Å². The van der Waals surface area contributed by atoms with Crippen LogP contribution in [-0.2, 0) is 9.84 Å². The lowest BCUT2D eigenvalue weighted by molar-refractivity contribution is -0.0435. The zero-order valence-electron chi connectivity index (χ0n) is 13.7. The van der Waals surface area contributed by atoms with Crippen molar-refractivity contribution in [3.63, 3.8) is 0 Å². The zero-order valence-corrected chi connectivity index (χ0v) is 16.2. The molecule has 0 aliphatic carbocycles. The van der Waals surface area contributed by atoms with E-state index in [1.807, 2.05) is 30.3 Å². The average Bonchev–Trinajstić information content (AvgIpc) is 2.59. The molecule has 0 unspecified atom stereocenters. The Balaban J connectivity index is 2.16. The van der Waals surface area contributed by atoms with Crippen molar-refractivity contribution >= 4 is 39.2 Å². The topological polar surface area (TPSA) is 58.2 Å². The number of anilines is 1. The standard InChI is InChI=1S/C16H17F3N2O2S3/c1-20-25-13-7-8-14(15(11-13)26(22,23)16(17,18)19)21-9-10-24-12-5-3-2-4-6-12/h2-8,11,20-21H,9-10H2,1H3. The third-order valence-corrected chi connectivity index (χ3v) is 6.43. The molecule has 0 heterocycles. The van der Waals surface area contributed by atoms with Crippen LogP contribution in [0.1, 0.15) is 0 Å². The lowest BCUT2D eigenvalue weighted by Crippen LogP contribution is -2.24. The largest absolute Gasteiger partial charge is 0.501 e. The molecule has 0 radical (unpaired) electrons. The Morgan fingerprint density at radius 3 is 2.35 bits per heavy atom. The molecule has 2 aromatic carbocycles. The van der Waals surface area contributed by atoms with E-state index in [2.05, 4.69) is 10.0 Å². The second-order valence-corrected chi connectivity index (χ2v) is 9.16. The quantitative estimate of drug-likeness (QED) is 0.373. The summed E-state index contributed by atoms with van der Waals surface area (Å²) in [7, 11) is -3.85. The maximum absolute atomic E-state index is 13.0. The lowest BCUT2D eigenvalue weighted by Gasteiger charge is -2.15. The van der Waals surface area contributed by atoms with Crippen molar-refractivity contribution in [3.05, 3.63) is 48.5 Å². The van der Waals surface area contributed by atoms with Crippen molar-refractivity contribution in [3.8, 4) is 0 Å². The Hall–Kier alpha value is -1.36. The first-order valence-electron chi connectivity index (χ1n) is 7.46. The van der Waals surface area contributed by atoms with Crippen LogP contribution >= 0.6 is 23.7 Å². The van der Waals surface area contributed by atoms with Gasteiger partial charge >= 0.3 is 5.51 Å². The van der Waals surface area contributed by atoms with Crippen molar-refractivity contribution in [2.75, 3.05) is 24.7 Å². The minimum atomic E-state index is -5.45. The van der Waals surface area contributed by atoms with E-state index in [1.165, 1.54) is 17.8 Å². The van der Waals surface area contributed by atoms with E-state index in [1.54, 1.807) is 13.1 Å². The Morgan fingerprint density at radius 1 is 1.04 bits per heavy atom. The van der Waals surface area contributed by atoms with Crippen LogP contribution in [0.25, 0.3) is 0 Å². The minimum absolute atomic E-state index is 0.0589. The number of thioether (sulfide) groups is 1. The summed E-state index contributed by atoms with van der Waals surface area (Å²) in [6, 6.07) is 13.5. The molecule has 0 aliphatic rings. The molecule has 0 aliphatic heterocycles. The molecule has 10 heteroatoms. The minimum Gasteiger partial charge on any atom is -0.383 e. The van der Waals surface area contributed by atoms with Crippen molar-refractivity contribution < 1.29 is 21.6 Å². The molecular weight excluding hydrogens is 405 g/mol. The molecule has 2 N–H and O–H groups in total. The van der Waals surface area contributed by atoms with Crippen LogP contribution in [0.2, 0.25) is 0 Å². The van der Waals surface area contributed by atoms with E-state index >= 15 is 0 Å². The van der Waals surface area contributed by atoms with Gasteiger partial charge in [-0.05, 0) is 49.3 Å². The summed E-state index contributed by atoms with van der Waals surface area (Å²) >= 11 is 2.56. The van der Waals surface area contributed by atoms with Crippen molar-refractivity contribution in [2.45, 2.75) is 20.2 Å². The third kappa shape index (κ3) is 5.32. The van der Waals surface area contributed by atoms with Gasteiger partial charge in [0.1, 0.15) is 4.90 Å². The van der Waals surface area contributed by atoms with Crippen LogP contribution < -0.4 is 10.0 Å². The second kappa shape index (κ2) is 9.03. The number of nitrogens with one attached hydrogen (secondary N) is 2. The van der Waals surface area contributed by atoms with Gasteiger partial charge in [0, 0.05) is 22.1 Å². The number of rotatable bonds is 8. The van der Waals surface area contributed by atoms with E-state index in [9.17, 15) is 21.6 Å². The molecule has 2 aromatic rings. The summed E-state index contributed by atoms with van der Waals surface area (Å²) < 4.78 is 65.4. The molecule has 4 nitrogen and oxygen atoms in total. The van der Waals surface area contributed by atoms with Crippen LogP contribution in [0.15, 0.2) is 63.2 Å². The van der Waals surface area contributed by atoms with Gasteiger partial charge in [0.15, 0.2) is 0 Å². The van der Waals surface area contributed by atoms with Crippen molar-refractivity contribution in [1.29, 1.82) is 0 Å². The number of sulfone groups is 1. The number of halogens is 3. The van der Waals surface area contributed by atoms with E-state index in [0.717, 1.165) is 22.9 Å². The first-order chi connectivity index (χ1) is 12.3. The highest BCUT2D eigenvalue weighted by Crippen LogP contribution is 2.36. The molecule has 2 rings (SSSR count). The van der Waals surface area contributed by atoms with Crippen LogP contribution in [0.4, 0.5) is 18.9 Å². The molecule has 0 aromatic heterocycles. The van der Waals surface area contributed by atoms with Gasteiger partial charge in [-0.25, -0.2) is 8.42 Å². The SMILES string of the molecule is CNSc1ccc(NCCSc2ccccc2)c(S(=O)(=O)C(F)(F)F)c1. The molecule has 142 valence electrons. The fourth-order valence-corrected chi connectivity index (χ4v) is 4.42. The molecule has 0 amide bonds. The third-order valence-electron chi connectivity index (χ3n) is 3.20. The summed E-state index contributed by atoms with van der Waals surface area (Å²) in [4.78, 5) is 0.632. The molecular formula is C16H17F3N2O2S3. The van der Waals surface area contributed by atoms with Crippen LogP contribution in [0.3, 0.4) is 0 Å². The number of hydrogen-bond donors (Lipinski definition) is 2. The zero-order chi connectivity index (χ0) is 19.2. The van der Waals surface area contributed by atoms with Gasteiger partial charge in [-0.3, -0.25) is 4.72 Å². The predicted octanol–water partition coefficient (Wildman–Crippen LogP) is 4.41. The van der Waals surface area contributed by atoms with Crippen molar-refractivity contribution in [1.82, 2.24) is 4.72 Å². The number of alkyl halides is 3. The number of hydrogen-bond acceptors (Lipinski definition) is 6. The van der Waals surface area contributed by atoms with Gasteiger partial charge in [0.05, 0.1) is 5.69 Å². The molecule has 0 saturated carbocycles. The smallest absolute Gasteiger partial charge is 0.383 e. The summed E-state index contributed by atoms with van der Waals surface area (Å²) in [5, 5.41) is 2.80. The van der Waals surface area contributed by atoms with Gasteiger partial charge in [0.2, 0.25) is 0 Å². The molecule has 0 atom stereocenters. The highest BCUT2D eigenvalue weighted by molar-refractivity contribution is 7.99. The molecule has 0 saturated heterocycles. The summed E-state index contributed by atoms with van der Waals surface area (Å²) in [5.74, 6) is 0.572.